The van der Waals surface area contributed by atoms with Crippen molar-refractivity contribution in [2.45, 2.75) is 31.8 Å². The molecule has 1 aliphatic rings. The average molecular weight is 310 g/mol. The number of aromatic nitrogens is 2. The van der Waals surface area contributed by atoms with Crippen molar-refractivity contribution in [2.24, 2.45) is 0 Å². The number of halogens is 1. The van der Waals surface area contributed by atoms with Gasteiger partial charge in [0.1, 0.15) is 5.01 Å². The molecular weight excluding hydrogens is 299 g/mol. The zero-order chi connectivity index (χ0) is 9.26. The summed E-state index contributed by atoms with van der Waals surface area (Å²) in [5.41, 5.74) is 0. The first-order chi connectivity index (χ1) is 6.31. The molecule has 72 valence electrons. The molecule has 2 unspecified atom stereocenters. The highest BCUT2D eigenvalue weighted by atomic mass is 127. The molecule has 2 heterocycles. The first-order valence-electron chi connectivity index (χ1n) is 4.42. The lowest BCUT2D eigenvalue weighted by Crippen LogP contribution is -2.12. The van der Waals surface area contributed by atoms with E-state index in [0.29, 0.717) is 12.0 Å². The van der Waals surface area contributed by atoms with E-state index in [0.717, 1.165) is 28.3 Å². The second kappa shape index (κ2) is 4.18. The summed E-state index contributed by atoms with van der Waals surface area (Å²) in [4.78, 5) is 4.40. The largest absolute Gasteiger partial charge is 0.377 e. The van der Waals surface area contributed by atoms with Crippen LogP contribution in [-0.4, -0.2) is 22.1 Å². The molecule has 0 amide bonds. The molecule has 5 heteroatoms. The third kappa shape index (κ3) is 2.02. The molecule has 1 saturated heterocycles. The van der Waals surface area contributed by atoms with E-state index in [2.05, 4.69) is 38.9 Å². The van der Waals surface area contributed by atoms with Crippen molar-refractivity contribution >= 4 is 34.1 Å². The van der Waals surface area contributed by atoms with Gasteiger partial charge in [-0.2, -0.15) is 4.37 Å². The predicted molar refractivity (Wildman–Crippen MR) is 60.0 cm³/mol. The maximum Gasteiger partial charge on any atom is 0.203 e. The van der Waals surface area contributed by atoms with Crippen LogP contribution in [0.5, 0.6) is 0 Å². The highest BCUT2D eigenvalue weighted by Gasteiger charge is 2.30. The first-order valence-corrected chi connectivity index (χ1v) is 6.27. The standard InChI is InChI=1S/C8H11IN2OS/c1-2-6-5(3-4-12-6)7-10-8(9)11-13-7/h5-6H,2-4H2,1H3. The van der Waals surface area contributed by atoms with E-state index in [4.69, 9.17) is 4.74 Å². The molecule has 13 heavy (non-hydrogen) atoms. The molecule has 0 aliphatic carbocycles. The molecule has 1 aliphatic heterocycles. The second-order valence-electron chi connectivity index (χ2n) is 3.11. The Hall–Kier alpha value is 0.250. The summed E-state index contributed by atoms with van der Waals surface area (Å²) in [6.07, 6.45) is 2.54. The maximum absolute atomic E-state index is 5.61. The number of hydrogen-bond donors (Lipinski definition) is 0. The third-order valence-electron chi connectivity index (χ3n) is 2.35. The van der Waals surface area contributed by atoms with E-state index >= 15 is 0 Å². The molecule has 1 fully saturated rings. The lowest BCUT2D eigenvalue weighted by molar-refractivity contribution is 0.101. The van der Waals surface area contributed by atoms with Crippen molar-refractivity contribution in [3.05, 3.63) is 8.84 Å². The van der Waals surface area contributed by atoms with Gasteiger partial charge in [0.15, 0.2) is 0 Å². The quantitative estimate of drug-likeness (QED) is 0.787. The molecular formula is C8H11IN2OS. The van der Waals surface area contributed by atoms with E-state index in [-0.39, 0.29) is 0 Å². The summed E-state index contributed by atoms with van der Waals surface area (Å²) in [6, 6.07) is 0. The normalized spacial score (nSPS) is 28.2. The topological polar surface area (TPSA) is 35.0 Å². The van der Waals surface area contributed by atoms with Gasteiger partial charge in [0.05, 0.1) is 6.10 Å². The lowest BCUT2D eigenvalue weighted by Gasteiger charge is -2.12. The minimum atomic E-state index is 0.365. The summed E-state index contributed by atoms with van der Waals surface area (Å²) in [5, 5.41) is 1.15. The van der Waals surface area contributed by atoms with Gasteiger partial charge in [-0.25, -0.2) is 4.98 Å². The molecule has 2 atom stereocenters. The molecule has 0 aromatic carbocycles. The highest BCUT2D eigenvalue weighted by Crippen LogP contribution is 2.33. The van der Waals surface area contributed by atoms with Crippen molar-refractivity contribution in [1.82, 2.24) is 9.36 Å². The van der Waals surface area contributed by atoms with Crippen LogP contribution in [-0.2, 0) is 4.74 Å². The van der Waals surface area contributed by atoms with Crippen LogP contribution in [0.2, 0.25) is 0 Å². The van der Waals surface area contributed by atoms with Gasteiger partial charge < -0.3 is 4.74 Å². The summed E-state index contributed by atoms with van der Waals surface area (Å²) < 4.78 is 10.7. The smallest absolute Gasteiger partial charge is 0.203 e. The number of hydrogen-bond acceptors (Lipinski definition) is 4. The van der Waals surface area contributed by atoms with Crippen molar-refractivity contribution < 1.29 is 4.74 Å². The molecule has 3 nitrogen and oxygen atoms in total. The zero-order valence-corrected chi connectivity index (χ0v) is 10.3. The third-order valence-corrected chi connectivity index (χ3v) is 4.00. The Bertz CT molecular complexity index is 291. The van der Waals surface area contributed by atoms with Crippen LogP contribution in [0.15, 0.2) is 0 Å². The van der Waals surface area contributed by atoms with E-state index in [1.165, 1.54) is 11.5 Å². The van der Waals surface area contributed by atoms with Crippen LogP contribution >= 0.6 is 34.1 Å². The van der Waals surface area contributed by atoms with Gasteiger partial charge in [-0.05, 0) is 24.4 Å². The van der Waals surface area contributed by atoms with E-state index in [9.17, 15) is 0 Å². The fraction of sp³-hybridized carbons (Fsp3) is 0.750. The molecule has 2 rings (SSSR count). The van der Waals surface area contributed by atoms with Crippen molar-refractivity contribution in [2.75, 3.05) is 6.61 Å². The lowest BCUT2D eigenvalue weighted by atomic mass is 10.0. The zero-order valence-electron chi connectivity index (χ0n) is 7.36. The Labute approximate surface area is 95.2 Å². The van der Waals surface area contributed by atoms with Crippen LogP contribution in [0.4, 0.5) is 0 Å². The SMILES string of the molecule is CCC1OCCC1c1nc(I)ns1. The summed E-state index contributed by atoms with van der Waals surface area (Å²) in [7, 11) is 0. The number of nitrogens with zero attached hydrogens (tertiary/aromatic N) is 2. The van der Waals surface area contributed by atoms with Gasteiger partial charge in [0.2, 0.25) is 3.83 Å². The predicted octanol–water partition coefficient (Wildman–Crippen LogP) is 2.43. The monoisotopic (exact) mass is 310 g/mol. The summed E-state index contributed by atoms with van der Waals surface area (Å²) >= 11 is 3.67. The molecule has 0 N–H and O–H groups in total. The maximum atomic E-state index is 5.61. The van der Waals surface area contributed by atoms with E-state index in [1.54, 1.807) is 0 Å². The fourth-order valence-electron chi connectivity index (χ4n) is 1.70. The first kappa shape index (κ1) is 9.79. The van der Waals surface area contributed by atoms with Gasteiger partial charge in [-0.1, -0.05) is 6.92 Å². The highest BCUT2D eigenvalue weighted by molar-refractivity contribution is 14.1. The second-order valence-corrected chi connectivity index (χ2v) is 4.86. The van der Waals surface area contributed by atoms with Crippen LogP contribution in [0, 0.1) is 3.83 Å². The Kier molecular flexibility index (Phi) is 3.15. The van der Waals surface area contributed by atoms with Gasteiger partial charge >= 0.3 is 0 Å². The van der Waals surface area contributed by atoms with Crippen LogP contribution in [0.1, 0.15) is 30.7 Å². The van der Waals surface area contributed by atoms with Crippen molar-refractivity contribution in [3.8, 4) is 0 Å². The van der Waals surface area contributed by atoms with Gasteiger partial charge in [-0.3, -0.25) is 0 Å². The van der Waals surface area contributed by atoms with Gasteiger partial charge in [0.25, 0.3) is 0 Å². The fourth-order valence-corrected chi connectivity index (χ4v) is 3.16. The number of rotatable bonds is 2. The molecule has 0 radical (unpaired) electrons. The minimum absolute atomic E-state index is 0.365. The molecule has 1 aromatic heterocycles. The Morgan fingerprint density at radius 1 is 1.69 bits per heavy atom. The Morgan fingerprint density at radius 3 is 3.15 bits per heavy atom. The van der Waals surface area contributed by atoms with Crippen molar-refractivity contribution in [3.63, 3.8) is 0 Å². The number of ether oxygens (including phenoxy) is 1. The molecule has 0 spiro atoms. The summed E-state index contributed by atoms with van der Waals surface area (Å²) in [5.74, 6) is 0.492. The van der Waals surface area contributed by atoms with E-state index in [1.807, 2.05) is 0 Å². The molecule has 1 aromatic rings. The minimum Gasteiger partial charge on any atom is -0.377 e. The van der Waals surface area contributed by atoms with Gasteiger partial charge in [0, 0.05) is 35.1 Å². The summed E-state index contributed by atoms with van der Waals surface area (Å²) in [6.45, 7) is 3.04. The van der Waals surface area contributed by atoms with Crippen LogP contribution in [0.25, 0.3) is 0 Å². The van der Waals surface area contributed by atoms with Crippen LogP contribution < -0.4 is 0 Å². The van der Waals surface area contributed by atoms with Crippen molar-refractivity contribution in [1.29, 1.82) is 0 Å². The Balaban J connectivity index is 2.15. The average Bonchev–Trinajstić information content (AvgIpc) is 2.71. The molecule has 0 saturated carbocycles. The Morgan fingerprint density at radius 2 is 2.54 bits per heavy atom. The molecule has 0 bridgehead atoms. The van der Waals surface area contributed by atoms with E-state index < -0.39 is 0 Å². The van der Waals surface area contributed by atoms with Crippen LogP contribution in [0.3, 0.4) is 0 Å². The van der Waals surface area contributed by atoms with Gasteiger partial charge in [-0.15, -0.1) is 0 Å².